The summed E-state index contributed by atoms with van der Waals surface area (Å²) in [5.41, 5.74) is 4.28. The smallest absolute Gasteiger partial charge is 0.244 e. The molecule has 1 amide bonds. The maximum absolute atomic E-state index is 12.7. The van der Waals surface area contributed by atoms with Gasteiger partial charge in [-0.2, -0.15) is 0 Å². The summed E-state index contributed by atoms with van der Waals surface area (Å²) in [6, 6.07) is 24.2. The number of anilines is 1. The minimum atomic E-state index is -0.0831. The standard InChI is InChI=1S/C27H27Cl2N3O/c28-23-10-5-11-24(29)25(23)21-7-4-6-19(16-21)17-31-14-12-20(13-15-31)26-27(33)30-18-32(26)22-8-2-1-3-9-22/h1-11,16,20,26H,12-15,17-18H2,(H,30,33). The second kappa shape index (κ2) is 9.76. The van der Waals surface area contributed by atoms with E-state index in [1.165, 1.54) is 5.56 Å². The molecule has 0 aliphatic carbocycles. The number of rotatable bonds is 5. The van der Waals surface area contributed by atoms with Gasteiger partial charge in [0.05, 0.1) is 6.67 Å². The molecule has 0 saturated carbocycles. The third-order valence-corrected chi connectivity index (χ3v) is 7.41. The van der Waals surface area contributed by atoms with Gasteiger partial charge in [-0.05, 0) is 73.3 Å². The molecular weight excluding hydrogens is 453 g/mol. The van der Waals surface area contributed by atoms with Crippen molar-refractivity contribution in [3.05, 3.63) is 88.4 Å². The van der Waals surface area contributed by atoms with Gasteiger partial charge >= 0.3 is 0 Å². The minimum absolute atomic E-state index is 0.0831. The summed E-state index contributed by atoms with van der Waals surface area (Å²) >= 11 is 12.8. The molecule has 1 N–H and O–H groups in total. The molecule has 0 spiro atoms. The van der Waals surface area contributed by atoms with Crippen molar-refractivity contribution in [1.82, 2.24) is 10.2 Å². The normalized spacial score (nSPS) is 19.6. The molecule has 6 heteroatoms. The van der Waals surface area contributed by atoms with Gasteiger partial charge in [-0.25, -0.2) is 0 Å². The molecule has 2 aliphatic rings. The highest BCUT2D eigenvalue weighted by atomic mass is 35.5. The molecule has 5 rings (SSSR count). The van der Waals surface area contributed by atoms with Gasteiger partial charge in [0.1, 0.15) is 6.04 Å². The van der Waals surface area contributed by atoms with Crippen LogP contribution in [-0.4, -0.2) is 36.6 Å². The van der Waals surface area contributed by atoms with Gasteiger partial charge in [-0.1, -0.05) is 65.7 Å². The molecule has 0 aromatic heterocycles. The van der Waals surface area contributed by atoms with Gasteiger partial charge in [-0.3, -0.25) is 9.69 Å². The predicted octanol–water partition coefficient (Wildman–Crippen LogP) is 5.83. The summed E-state index contributed by atoms with van der Waals surface area (Å²) in [6.45, 7) is 3.43. The lowest BCUT2D eigenvalue weighted by Crippen LogP contribution is -2.45. The Kier molecular flexibility index (Phi) is 6.59. The lowest BCUT2D eigenvalue weighted by molar-refractivity contribution is -0.121. The van der Waals surface area contributed by atoms with E-state index in [0.29, 0.717) is 22.6 Å². The summed E-state index contributed by atoms with van der Waals surface area (Å²) in [7, 11) is 0. The number of nitrogens with one attached hydrogen (secondary N) is 1. The maximum Gasteiger partial charge on any atom is 0.244 e. The van der Waals surface area contributed by atoms with Crippen LogP contribution in [0.25, 0.3) is 11.1 Å². The number of hydrogen-bond donors (Lipinski definition) is 1. The first kappa shape index (κ1) is 22.3. The van der Waals surface area contributed by atoms with Crippen molar-refractivity contribution in [1.29, 1.82) is 0 Å². The first-order valence-corrected chi connectivity index (χ1v) is 12.2. The quantitative estimate of drug-likeness (QED) is 0.499. The predicted molar refractivity (Wildman–Crippen MR) is 136 cm³/mol. The van der Waals surface area contributed by atoms with E-state index in [1.54, 1.807) is 0 Å². The number of halogens is 2. The second-order valence-corrected chi connectivity index (χ2v) is 9.67. The van der Waals surface area contributed by atoms with Crippen LogP contribution in [0.1, 0.15) is 18.4 Å². The van der Waals surface area contributed by atoms with E-state index >= 15 is 0 Å². The molecule has 1 atom stereocenters. The summed E-state index contributed by atoms with van der Waals surface area (Å²) < 4.78 is 0. The zero-order valence-corrected chi connectivity index (χ0v) is 19.9. The molecule has 4 nitrogen and oxygen atoms in total. The molecule has 1 unspecified atom stereocenters. The van der Waals surface area contributed by atoms with Crippen LogP contribution in [-0.2, 0) is 11.3 Å². The van der Waals surface area contributed by atoms with Crippen molar-refractivity contribution in [3.63, 3.8) is 0 Å². The molecule has 170 valence electrons. The summed E-state index contributed by atoms with van der Waals surface area (Å²) in [5, 5.41) is 4.38. The summed E-state index contributed by atoms with van der Waals surface area (Å²) in [4.78, 5) is 17.4. The molecule has 2 saturated heterocycles. The van der Waals surface area contributed by atoms with Gasteiger partial charge in [0, 0.05) is 27.8 Å². The molecule has 33 heavy (non-hydrogen) atoms. The fourth-order valence-electron chi connectivity index (χ4n) is 5.13. The lowest BCUT2D eigenvalue weighted by Gasteiger charge is -2.37. The highest BCUT2D eigenvalue weighted by molar-refractivity contribution is 6.39. The Balaban J connectivity index is 1.25. The number of nitrogens with zero attached hydrogens (tertiary/aromatic N) is 2. The van der Waals surface area contributed by atoms with Gasteiger partial charge in [0.15, 0.2) is 0 Å². The number of benzene rings is 3. The first-order valence-electron chi connectivity index (χ1n) is 11.5. The van der Waals surface area contributed by atoms with Gasteiger partial charge < -0.3 is 10.2 Å². The molecule has 3 aromatic rings. The van der Waals surface area contributed by atoms with Gasteiger partial charge in [0.25, 0.3) is 0 Å². The van der Waals surface area contributed by atoms with Crippen LogP contribution in [0.3, 0.4) is 0 Å². The Hall–Kier alpha value is -2.53. The average molecular weight is 480 g/mol. The monoisotopic (exact) mass is 479 g/mol. The van der Waals surface area contributed by atoms with E-state index in [1.807, 2.05) is 36.4 Å². The number of hydrogen-bond acceptors (Lipinski definition) is 3. The number of carbonyl (C=O) groups excluding carboxylic acids is 1. The number of para-hydroxylation sites is 1. The van der Waals surface area contributed by atoms with Crippen molar-refractivity contribution in [2.45, 2.75) is 25.4 Å². The van der Waals surface area contributed by atoms with Crippen LogP contribution < -0.4 is 10.2 Å². The molecule has 0 bridgehead atoms. The van der Waals surface area contributed by atoms with Crippen LogP contribution in [0.5, 0.6) is 0 Å². The topological polar surface area (TPSA) is 35.6 Å². The fourth-order valence-corrected chi connectivity index (χ4v) is 5.75. The highest BCUT2D eigenvalue weighted by Crippen LogP contribution is 2.35. The van der Waals surface area contributed by atoms with Crippen molar-refractivity contribution in [2.75, 3.05) is 24.7 Å². The van der Waals surface area contributed by atoms with Crippen molar-refractivity contribution < 1.29 is 4.79 Å². The second-order valence-electron chi connectivity index (χ2n) is 8.86. The number of piperidine rings is 1. The highest BCUT2D eigenvalue weighted by Gasteiger charge is 2.39. The van der Waals surface area contributed by atoms with E-state index in [-0.39, 0.29) is 11.9 Å². The number of amides is 1. The largest absolute Gasteiger partial charge is 0.342 e. The Bertz CT molecular complexity index is 1110. The molecule has 2 aliphatic heterocycles. The van der Waals surface area contributed by atoms with Crippen LogP contribution in [0, 0.1) is 5.92 Å². The Morgan fingerprint density at radius 2 is 1.58 bits per heavy atom. The van der Waals surface area contributed by atoms with Crippen molar-refractivity contribution >= 4 is 34.8 Å². The first-order chi connectivity index (χ1) is 16.1. The Morgan fingerprint density at radius 3 is 2.30 bits per heavy atom. The zero-order chi connectivity index (χ0) is 22.8. The molecule has 3 aromatic carbocycles. The minimum Gasteiger partial charge on any atom is -0.342 e. The Labute approximate surface area is 205 Å². The number of likely N-dealkylation sites (tertiary alicyclic amines) is 1. The molecular formula is C27H27Cl2N3O. The average Bonchev–Trinajstić information content (AvgIpc) is 3.22. The van der Waals surface area contributed by atoms with Crippen LogP contribution in [0.2, 0.25) is 10.0 Å². The third kappa shape index (κ3) is 4.74. The molecule has 2 heterocycles. The van der Waals surface area contributed by atoms with Crippen molar-refractivity contribution in [3.8, 4) is 11.1 Å². The van der Waals surface area contributed by atoms with Gasteiger partial charge in [0.2, 0.25) is 5.91 Å². The lowest BCUT2D eigenvalue weighted by atomic mass is 9.88. The van der Waals surface area contributed by atoms with E-state index in [4.69, 9.17) is 23.2 Å². The van der Waals surface area contributed by atoms with E-state index in [9.17, 15) is 4.79 Å². The van der Waals surface area contributed by atoms with Crippen LogP contribution in [0.4, 0.5) is 5.69 Å². The fraction of sp³-hybridized carbons (Fsp3) is 0.296. The SMILES string of the molecule is O=C1NCN(c2ccccc2)C1C1CCN(Cc2cccc(-c3c(Cl)cccc3Cl)c2)CC1. The maximum atomic E-state index is 12.7. The summed E-state index contributed by atoms with van der Waals surface area (Å²) in [6.07, 6.45) is 2.02. The van der Waals surface area contributed by atoms with Crippen molar-refractivity contribution in [2.24, 2.45) is 5.92 Å². The zero-order valence-electron chi connectivity index (χ0n) is 18.4. The third-order valence-electron chi connectivity index (χ3n) is 6.78. The molecule has 2 fully saturated rings. The van der Waals surface area contributed by atoms with E-state index < -0.39 is 0 Å². The van der Waals surface area contributed by atoms with Gasteiger partial charge in [-0.15, -0.1) is 0 Å². The van der Waals surface area contributed by atoms with Crippen LogP contribution >= 0.6 is 23.2 Å². The van der Waals surface area contributed by atoms with E-state index in [2.05, 4.69) is 51.5 Å². The van der Waals surface area contributed by atoms with Crippen LogP contribution in [0.15, 0.2) is 72.8 Å². The van der Waals surface area contributed by atoms with E-state index in [0.717, 1.165) is 49.3 Å². The number of carbonyl (C=O) groups is 1. The Morgan fingerprint density at radius 1 is 0.879 bits per heavy atom. The summed E-state index contributed by atoms with van der Waals surface area (Å²) in [5.74, 6) is 0.513. The molecule has 0 radical (unpaired) electrons.